The third-order valence-electron chi connectivity index (χ3n) is 3.04. The van der Waals surface area contributed by atoms with Gasteiger partial charge in [0.2, 0.25) is 5.91 Å². The van der Waals surface area contributed by atoms with E-state index in [1.807, 2.05) is 32.0 Å². The summed E-state index contributed by atoms with van der Waals surface area (Å²) in [5.74, 6) is -0.391. The lowest BCUT2D eigenvalue weighted by Gasteiger charge is -2.18. The molecule has 0 fully saturated rings. The van der Waals surface area contributed by atoms with Gasteiger partial charge in [-0.1, -0.05) is 18.2 Å². The Labute approximate surface area is 102 Å². The molecule has 4 heteroatoms. The van der Waals surface area contributed by atoms with Crippen molar-refractivity contribution >= 4 is 5.91 Å². The van der Waals surface area contributed by atoms with Crippen LogP contribution in [0.25, 0.3) is 0 Å². The van der Waals surface area contributed by atoms with E-state index >= 15 is 0 Å². The molecule has 2 N–H and O–H groups in total. The van der Waals surface area contributed by atoms with E-state index in [2.05, 4.69) is 0 Å². The molecular weight excluding hydrogens is 218 g/mol. The van der Waals surface area contributed by atoms with Crippen molar-refractivity contribution in [2.24, 2.45) is 0 Å². The molecule has 0 radical (unpaired) electrons. The van der Waals surface area contributed by atoms with Crippen LogP contribution in [-0.2, 0) is 9.53 Å². The van der Waals surface area contributed by atoms with Gasteiger partial charge in [-0.25, -0.2) is 5.48 Å². The Morgan fingerprint density at radius 3 is 2.76 bits per heavy atom. The van der Waals surface area contributed by atoms with Crippen molar-refractivity contribution in [2.75, 3.05) is 7.11 Å². The van der Waals surface area contributed by atoms with E-state index in [1.165, 1.54) is 11.1 Å². The quantitative estimate of drug-likeness (QED) is 0.610. The highest BCUT2D eigenvalue weighted by Gasteiger charge is 2.15. The van der Waals surface area contributed by atoms with Crippen molar-refractivity contribution in [3.8, 4) is 0 Å². The molecule has 1 amide bonds. The van der Waals surface area contributed by atoms with Crippen LogP contribution in [0.5, 0.6) is 0 Å². The first kappa shape index (κ1) is 13.7. The molecule has 1 unspecified atom stereocenters. The molecule has 1 aromatic rings. The number of hydroxylamine groups is 1. The van der Waals surface area contributed by atoms with E-state index in [0.29, 0.717) is 6.42 Å². The van der Waals surface area contributed by atoms with Crippen molar-refractivity contribution in [2.45, 2.75) is 32.8 Å². The molecule has 1 rings (SSSR count). The summed E-state index contributed by atoms with van der Waals surface area (Å²) in [4.78, 5) is 11.0. The minimum atomic E-state index is -0.391. The molecule has 0 saturated carbocycles. The number of nitrogens with one attached hydrogen (secondary N) is 1. The van der Waals surface area contributed by atoms with E-state index in [4.69, 9.17) is 9.94 Å². The maximum absolute atomic E-state index is 11.0. The molecule has 0 heterocycles. The topological polar surface area (TPSA) is 58.6 Å². The van der Waals surface area contributed by atoms with Crippen LogP contribution in [0.4, 0.5) is 0 Å². The van der Waals surface area contributed by atoms with Crippen molar-refractivity contribution in [3.05, 3.63) is 34.9 Å². The van der Waals surface area contributed by atoms with Crippen LogP contribution in [0.2, 0.25) is 0 Å². The largest absolute Gasteiger partial charge is 0.377 e. The number of benzene rings is 1. The number of amides is 1. The first-order chi connectivity index (χ1) is 8.10. The summed E-state index contributed by atoms with van der Waals surface area (Å²) < 4.78 is 5.41. The minimum absolute atomic E-state index is 0.118. The van der Waals surface area contributed by atoms with Crippen LogP contribution < -0.4 is 5.48 Å². The van der Waals surface area contributed by atoms with Crippen LogP contribution in [0.3, 0.4) is 0 Å². The van der Waals surface area contributed by atoms with Gasteiger partial charge in [0.05, 0.1) is 6.10 Å². The number of hydrogen-bond donors (Lipinski definition) is 2. The van der Waals surface area contributed by atoms with Gasteiger partial charge in [-0.15, -0.1) is 0 Å². The number of hydrogen-bond acceptors (Lipinski definition) is 3. The Balaban J connectivity index is 2.79. The zero-order valence-corrected chi connectivity index (χ0v) is 10.5. The molecule has 0 aliphatic carbocycles. The molecule has 0 spiro atoms. The molecule has 0 saturated heterocycles. The van der Waals surface area contributed by atoms with Gasteiger partial charge in [0.25, 0.3) is 0 Å². The van der Waals surface area contributed by atoms with Gasteiger partial charge >= 0.3 is 0 Å². The Bertz CT molecular complexity index is 390. The number of carbonyl (C=O) groups is 1. The van der Waals surface area contributed by atoms with Crippen LogP contribution in [0.1, 0.15) is 35.6 Å². The highest BCUT2D eigenvalue weighted by atomic mass is 16.5. The van der Waals surface area contributed by atoms with Gasteiger partial charge in [-0.3, -0.25) is 10.0 Å². The summed E-state index contributed by atoms with van der Waals surface area (Å²) in [6, 6.07) is 6.04. The highest BCUT2D eigenvalue weighted by molar-refractivity contribution is 5.74. The van der Waals surface area contributed by atoms with E-state index in [1.54, 1.807) is 12.6 Å². The number of methoxy groups -OCH3 is 1. The van der Waals surface area contributed by atoms with Crippen molar-refractivity contribution in [3.63, 3.8) is 0 Å². The molecule has 1 atom stereocenters. The standard InChI is InChI=1S/C13H19NO3/c1-9-5-4-6-11(10(9)2)12(17-3)7-8-13(15)14-16/h4-6,12,16H,7-8H2,1-3H3,(H,14,15). The minimum Gasteiger partial charge on any atom is -0.377 e. The number of carbonyl (C=O) groups excluding carboxylic acids is 1. The van der Waals surface area contributed by atoms with Crippen LogP contribution in [0.15, 0.2) is 18.2 Å². The van der Waals surface area contributed by atoms with Gasteiger partial charge in [0.1, 0.15) is 0 Å². The molecule has 94 valence electrons. The SMILES string of the molecule is COC(CCC(=O)NO)c1cccc(C)c1C. The van der Waals surface area contributed by atoms with E-state index in [0.717, 1.165) is 5.56 Å². The maximum Gasteiger partial charge on any atom is 0.243 e. The summed E-state index contributed by atoms with van der Waals surface area (Å²) in [7, 11) is 1.63. The van der Waals surface area contributed by atoms with Gasteiger partial charge in [0, 0.05) is 13.5 Å². The lowest BCUT2D eigenvalue weighted by atomic mass is 9.96. The summed E-state index contributed by atoms with van der Waals surface area (Å²) >= 11 is 0. The van der Waals surface area contributed by atoms with Crippen LogP contribution in [-0.4, -0.2) is 18.2 Å². The van der Waals surface area contributed by atoms with E-state index < -0.39 is 5.91 Å². The predicted molar refractivity (Wildman–Crippen MR) is 64.8 cm³/mol. The first-order valence-electron chi connectivity index (χ1n) is 5.62. The lowest BCUT2D eigenvalue weighted by Crippen LogP contribution is -2.19. The molecule has 0 aliphatic heterocycles. The summed E-state index contributed by atoms with van der Waals surface area (Å²) in [6.45, 7) is 4.09. The first-order valence-corrected chi connectivity index (χ1v) is 5.62. The fourth-order valence-electron chi connectivity index (χ4n) is 1.84. The second kappa shape index (κ2) is 6.37. The molecular formula is C13H19NO3. The smallest absolute Gasteiger partial charge is 0.243 e. The van der Waals surface area contributed by atoms with Crippen molar-refractivity contribution in [1.82, 2.24) is 5.48 Å². The number of aryl methyl sites for hydroxylation is 1. The summed E-state index contributed by atoms with van der Waals surface area (Å²) in [5.41, 5.74) is 5.11. The molecule has 0 aromatic heterocycles. The Morgan fingerprint density at radius 2 is 2.18 bits per heavy atom. The maximum atomic E-state index is 11.0. The van der Waals surface area contributed by atoms with Crippen molar-refractivity contribution in [1.29, 1.82) is 0 Å². The van der Waals surface area contributed by atoms with Gasteiger partial charge in [-0.2, -0.15) is 0 Å². The molecule has 17 heavy (non-hydrogen) atoms. The lowest BCUT2D eigenvalue weighted by molar-refractivity contribution is -0.129. The third kappa shape index (κ3) is 3.54. The third-order valence-corrected chi connectivity index (χ3v) is 3.04. The number of rotatable bonds is 5. The molecule has 0 bridgehead atoms. The van der Waals surface area contributed by atoms with E-state index in [-0.39, 0.29) is 12.5 Å². The van der Waals surface area contributed by atoms with Gasteiger partial charge < -0.3 is 4.74 Å². The predicted octanol–water partition coefficient (Wildman–Crippen LogP) is 2.28. The van der Waals surface area contributed by atoms with Crippen molar-refractivity contribution < 1.29 is 14.7 Å². The van der Waals surface area contributed by atoms with Crippen LogP contribution in [0, 0.1) is 13.8 Å². The Hall–Kier alpha value is -1.39. The average Bonchev–Trinajstić information content (AvgIpc) is 2.34. The normalized spacial score (nSPS) is 12.2. The Morgan fingerprint density at radius 1 is 1.47 bits per heavy atom. The zero-order valence-electron chi connectivity index (χ0n) is 10.5. The zero-order chi connectivity index (χ0) is 12.8. The summed E-state index contributed by atoms with van der Waals surface area (Å²) in [5, 5.41) is 8.45. The number of ether oxygens (including phenoxy) is 1. The monoisotopic (exact) mass is 237 g/mol. The average molecular weight is 237 g/mol. The molecule has 1 aromatic carbocycles. The fourth-order valence-corrected chi connectivity index (χ4v) is 1.84. The van der Waals surface area contributed by atoms with Gasteiger partial charge in [0.15, 0.2) is 0 Å². The van der Waals surface area contributed by atoms with Gasteiger partial charge in [-0.05, 0) is 37.0 Å². The second-order valence-electron chi connectivity index (χ2n) is 4.09. The Kier molecular flexibility index (Phi) is 5.12. The fraction of sp³-hybridized carbons (Fsp3) is 0.462. The van der Waals surface area contributed by atoms with E-state index in [9.17, 15) is 4.79 Å². The molecule has 0 aliphatic rings. The summed E-state index contributed by atoms with van der Waals surface area (Å²) in [6.07, 6.45) is 0.669. The molecule has 4 nitrogen and oxygen atoms in total. The van der Waals surface area contributed by atoms with Crippen LogP contribution >= 0.6 is 0 Å². The highest BCUT2D eigenvalue weighted by Crippen LogP contribution is 2.26. The second-order valence-corrected chi connectivity index (χ2v) is 4.09.